The minimum Gasteiger partial charge on any atom is -0.481 e. The minimum absolute atomic E-state index is 0.517. The molecule has 0 saturated heterocycles. The number of halogens is 1. The van der Waals surface area contributed by atoms with Gasteiger partial charge in [-0.05, 0) is 12.1 Å². The van der Waals surface area contributed by atoms with Gasteiger partial charge in [0.25, 0.3) is 0 Å². The first kappa shape index (κ1) is 13.9. The largest absolute Gasteiger partial charge is 0.481 e. The van der Waals surface area contributed by atoms with Crippen LogP contribution in [0, 0.1) is 0 Å². The van der Waals surface area contributed by atoms with Gasteiger partial charge in [-0.15, -0.1) is 11.6 Å². The molecule has 110 valence electrons. The Labute approximate surface area is 127 Å². The van der Waals surface area contributed by atoms with Crippen molar-refractivity contribution < 1.29 is 4.74 Å². The number of hydrogen-bond acceptors (Lipinski definition) is 4. The van der Waals surface area contributed by atoms with Crippen molar-refractivity contribution in [1.82, 2.24) is 24.3 Å². The Kier molecular flexibility index (Phi) is 3.79. The maximum atomic E-state index is 5.88. The SMILES string of the molecule is COc1ccc2nc(CCCl)n(Cc3ccn(C)n3)c2n1. The molecule has 0 bridgehead atoms. The van der Waals surface area contributed by atoms with Crippen LogP contribution in [0.25, 0.3) is 11.2 Å². The van der Waals surface area contributed by atoms with Crippen molar-refractivity contribution in [2.75, 3.05) is 13.0 Å². The van der Waals surface area contributed by atoms with Crippen molar-refractivity contribution >= 4 is 22.8 Å². The van der Waals surface area contributed by atoms with Crippen molar-refractivity contribution in [1.29, 1.82) is 0 Å². The van der Waals surface area contributed by atoms with Crippen molar-refractivity contribution in [3.8, 4) is 5.88 Å². The molecule has 6 nitrogen and oxygen atoms in total. The van der Waals surface area contributed by atoms with E-state index in [1.807, 2.05) is 36.0 Å². The van der Waals surface area contributed by atoms with Gasteiger partial charge >= 0.3 is 0 Å². The van der Waals surface area contributed by atoms with Gasteiger partial charge in [-0.3, -0.25) is 4.68 Å². The molecule has 0 fully saturated rings. The van der Waals surface area contributed by atoms with E-state index in [9.17, 15) is 0 Å². The lowest BCUT2D eigenvalue weighted by molar-refractivity contribution is 0.399. The van der Waals surface area contributed by atoms with Crippen molar-refractivity contribution in [3.05, 3.63) is 35.9 Å². The second kappa shape index (κ2) is 5.73. The summed E-state index contributed by atoms with van der Waals surface area (Å²) in [6.45, 7) is 0.615. The van der Waals surface area contributed by atoms with Crippen LogP contribution >= 0.6 is 11.6 Å². The van der Waals surface area contributed by atoms with Crippen LogP contribution in [0.1, 0.15) is 11.5 Å². The Hall–Kier alpha value is -2.08. The number of alkyl halides is 1. The van der Waals surface area contributed by atoms with Crippen LogP contribution in [0.4, 0.5) is 0 Å². The summed E-state index contributed by atoms with van der Waals surface area (Å²) in [4.78, 5) is 9.11. The van der Waals surface area contributed by atoms with E-state index in [0.29, 0.717) is 24.7 Å². The molecule has 0 N–H and O–H groups in total. The van der Waals surface area contributed by atoms with E-state index >= 15 is 0 Å². The number of nitrogens with zero attached hydrogens (tertiary/aromatic N) is 5. The van der Waals surface area contributed by atoms with Gasteiger partial charge in [0.15, 0.2) is 5.65 Å². The number of pyridine rings is 1. The number of aryl methyl sites for hydroxylation is 2. The van der Waals surface area contributed by atoms with Gasteiger partial charge in [0, 0.05) is 31.6 Å². The zero-order chi connectivity index (χ0) is 14.8. The van der Waals surface area contributed by atoms with Gasteiger partial charge in [-0.1, -0.05) is 0 Å². The lowest BCUT2D eigenvalue weighted by Gasteiger charge is -2.06. The molecule has 3 aromatic rings. The van der Waals surface area contributed by atoms with Gasteiger partial charge in [-0.2, -0.15) is 10.1 Å². The number of methoxy groups -OCH3 is 1. The van der Waals surface area contributed by atoms with E-state index < -0.39 is 0 Å². The second-order valence-electron chi connectivity index (χ2n) is 4.73. The third kappa shape index (κ3) is 2.71. The molecular formula is C14H16ClN5O. The Morgan fingerprint density at radius 3 is 2.76 bits per heavy atom. The highest BCUT2D eigenvalue weighted by molar-refractivity contribution is 6.17. The average molecular weight is 306 g/mol. The Balaban J connectivity index is 2.09. The maximum absolute atomic E-state index is 5.88. The summed E-state index contributed by atoms with van der Waals surface area (Å²) in [6.07, 6.45) is 2.61. The second-order valence-corrected chi connectivity index (χ2v) is 5.11. The van der Waals surface area contributed by atoms with E-state index in [-0.39, 0.29) is 0 Å². The third-order valence-electron chi connectivity index (χ3n) is 3.26. The fourth-order valence-corrected chi connectivity index (χ4v) is 2.46. The number of imidazole rings is 1. The lowest BCUT2D eigenvalue weighted by atomic mass is 10.4. The molecule has 0 saturated carbocycles. The first-order valence-corrected chi connectivity index (χ1v) is 7.19. The normalized spacial score (nSPS) is 11.2. The van der Waals surface area contributed by atoms with Crippen LogP contribution < -0.4 is 4.74 Å². The van der Waals surface area contributed by atoms with Crippen LogP contribution in [0.5, 0.6) is 5.88 Å². The van der Waals surface area contributed by atoms with Crippen molar-refractivity contribution in [2.24, 2.45) is 7.05 Å². The molecular weight excluding hydrogens is 290 g/mol. The van der Waals surface area contributed by atoms with Crippen LogP contribution in [0.3, 0.4) is 0 Å². The maximum Gasteiger partial charge on any atom is 0.215 e. The standard InChI is InChI=1S/C14H16ClN5O/c1-19-8-6-10(18-19)9-20-12(5-7-15)16-11-3-4-13(21-2)17-14(11)20/h3-4,6,8H,5,7,9H2,1-2H3. The summed E-state index contributed by atoms with van der Waals surface area (Å²) in [6, 6.07) is 5.70. The van der Waals surface area contributed by atoms with E-state index in [4.69, 9.17) is 16.3 Å². The minimum atomic E-state index is 0.517. The molecule has 21 heavy (non-hydrogen) atoms. The molecule has 0 atom stereocenters. The Morgan fingerprint density at radius 1 is 1.24 bits per heavy atom. The van der Waals surface area contributed by atoms with Crippen LogP contribution in [-0.4, -0.2) is 37.3 Å². The number of fused-ring (bicyclic) bond motifs is 1. The zero-order valence-electron chi connectivity index (χ0n) is 12.0. The molecule has 0 aliphatic carbocycles. The highest BCUT2D eigenvalue weighted by atomic mass is 35.5. The molecule has 0 aromatic carbocycles. The number of ether oxygens (including phenoxy) is 1. The molecule has 0 radical (unpaired) electrons. The zero-order valence-corrected chi connectivity index (χ0v) is 12.7. The van der Waals surface area contributed by atoms with Gasteiger partial charge in [0.2, 0.25) is 5.88 Å². The first-order valence-electron chi connectivity index (χ1n) is 6.66. The molecule has 7 heteroatoms. The molecule has 0 unspecified atom stereocenters. The van der Waals surface area contributed by atoms with Gasteiger partial charge in [0.05, 0.1) is 19.3 Å². The molecule has 0 spiro atoms. The van der Waals surface area contributed by atoms with Gasteiger partial charge in [-0.25, -0.2) is 4.98 Å². The quantitative estimate of drug-likeness (QED) is 0.677. The fraction of sp³-hybridized carbons (Fsp3) is 0.357. The molecule has 0 amide bonds. The van der Waals surface area contributed by atoms with E-state index in [1.165, 1.54) is 0 Å². The lowest BCUT2D eigenvalue weighted by Crippen LogP contribution is -2.08. The van der Waals surface area contributed by atoms with E-state index in [2.05, 4.69) is 15.1 Å². The van der Waals surface area contributed by atoms with Crippen LogP contribution in [-0.2, 0) is 20.0 Å². The molecule has 0 aliphatic heterocycles. The van der Waals surface area contributed by atoms with Crippen molar-refractivity contribution in [3.63, 3.8) is 0 Å². The van der Waals surface area contributed by atoms with Gasteiger partial charge in [0.1, 0.15) is 11.3 Å². The first-order chi connectivity index (χ1) is 10.2. The monoisotopic (exact) mass is 305 g/mol. The number of rotatable bonds is 5. The molecule has 3 rings (SSSR count). The summed E-state index contributed by atoms with van der Waals surface area (Å²) < 4.78 is 9.03. The highest BCUT2D eigenvalue weighted by Gasteiger charge is 2.14. The summed E-state index contributed by atoms with van der Waals surface area (Å²) in [7, 11) is 3.50. The predicted molar refractivity (Wildman–Crippen MR) is 80.8 cm³/mol. The Morgan fingerprint density at radius 2 is 2.10 bits per heavy atom. The predicted octanol–water partition coefficient (Wildman–Crippen LogP) is 2.00. The van der Waals surface area contributed by atoms with Crippen LogP contribution in [0.2, 0.25) is 0 Å². The third-order valence-corrected chi connectivity index (χ3v) is 3.45. The average Bonchev–Trinajstić information content (AvgIpc) is 3.04. The summed E-state index contributed by atoms with van der Waals surface area (Å²) >= 11 is 5.88. The summed E-state index contributed by atoms with van der Waals surface area (Å²) in [5.74, 6) is 2.00. The van der Waals surface area contributed by atoms with E-state index in [1.54, 1.807) is 11.8 Å². The van der Waals surface area contributed by atoms with Crippen molar-refractivity contribution in [2.45, 2.75) is 13.0 Å². The van der Waals surface area contributed by atoms with Gasteiger partial charge < -0.3 is 9.30 Å². The summed E-state index contributed by atoms with van der Waals surface area (Å²) in [5, 5.41) is 4.41. The summed E-state index contributed by atoms with van der Waals surface area (Å²) in [5.41, 5.74) is 2.59. The number of aromatic nitrogens is 5. The topological polar surface area (TPSA) is 57.8 Å². The molecule has 3 heterocycles. The smallest absolute Gasteiger partial charge is 0.215 e. The Bertz CT molecular complexity index is 764. The fourth-order valence-electron chi connectivity index (χ4n) is 2.30. The molecule has 3 aromatic heterocycles. The molecule has 0 aliphatic rings. The highest BCUT2D eigenvalue weighted by Crippen LogP contribution is 2.19. The number of hydrogen-bond donors (Lipinski definition) is 0. The van der Waals surface area contributed by atoms with Crippen LogP contribution in [0.15, 0.2) is 24.4 Å². The van der Waals surface area contributed by atoms with E-state index in [0.717, 1.165) is 22.7 Å².